The molecule has 0 unspecified atom stereocenters. The molecule has 1 N–H and O–H groups in total. The lowest BCUT2D eigenvalue weighted by molar-refractivity contribution is -0.0887. The number of carbonyl (C=O) groups is 1. The zero-order chi connectivity index (χ0) is 10.1. The van der Waals surface area contributed by atoms with E-state index in [-0.39, 0.29) is 0 Å². The van der Waals surface area contributed by atoms with Crippen LogP contribution in [0.1, 0.15) is 16.1 Å². The number of ketones is 1. The van der Waals surface area contributed by atoms with Gasteiger partial charge in [-0.1, -0.05) is 15.9 Å². The average Bonchev–Trinajstić information content (AvgIpc) is 2.48. The number of halogens is 4. The molecule has 1 aromatic rings. The zero-order valence-corrected chi connectivity index (χ0v) is 7.87. The Morgan fingerprint density at radius 2 is 2.15 bits per heavy atom. The van der Waals surface area contributed by atoms with E-state index in [1.807, 2.05) is 0 Å². The maximum Gasteiger partial charge on any atom is 0.456 e. The first kappa shape index (κ1) is 10.3. The van der Waals surface area contributed by atoms with Crippen molar-refractivity contribution in [3.8, 4) is 0 Å². The van der Waals surface area contributed by atoms with Crippen LogP contribution in [0, 0.1) is 0 Å². The standard InChI is InChI=1S/C7H5BrF3NO/c8-2-4-1-5(12-3-4)6(13)7(9,10)11/h1,3,12H,2H2. The molecule has 0 aromatic carbocycles. The summed E-state index contributed by atoms with van der Waals surface area (Å²) in [7, 11) is 0. The number of carbonyl (C=O) groups excluding carboxylic acids is 1. The van der Waals surface area contributed by atoms with E-state index in [0.717, 1.165) is 0 Å². The third-order valence-corrected chi connectivity index (χ3v) is 2.05. The first-order valence-electron chi connectivity index (χ1n) is 3.30. The summed E-state index contributed by atoms with van der Waals surface area (Å²) in [5.74, 6) is -1.85. The number of H-pyrrole nitrogens is 1. The van der Waals surface area contributed by atoms with Crippen LogP contribution in [0.4, 0.5) is 13.2 Å². The van der Waals surface area contributed by atoms with Gasteiger partial charge in [0.2, 0.25) is 0 Å². The van der Waals surface area contributed by atoms with E-state index in [1.165, 1.54) is 12.3 Å². The van der Waals surface area contributed by atoms with Gasteiger partial charge in [-0.3, -0.25) is 4.79 Å². The van der Waals surface area contributed by atoms with Crippen LogP contribution in [0.5, 0.6) is 0 Å². The van der Waals surface area contributed by atoms with E-state index < -0.39 is 17.7 Å². The van der Waals surface area contributed by atoms with E-state index in [4.69, 9.17) is 0 Å². The lowest BCUT2D eigenvalue weighted by atomic mass is 10.2. The predicted octanol–water partition coefficient (Wildman–Crippen LogP) is 2.65. The summed E-state index contributed by atoms with van der Waals surface area (Å²) in [4.78, 5) is 12.9. The van der Waals surface area contributed by atoms with Gasteiger partial charge in [-0.25, -0.2) is 0 Å². The molecule has 0 spiro atoms. The van der Waals surface area contributed by atoms with Crippen LogP contribution in [-0.2, 0) is 5.33 Å². The van der Waals surface area contributed by atoms with Gasteiger partial charge in [0.1, 0.15) is 0 Å². The van der Waals surface area contributed by atoms with Gasteiger partial charge in [0.05, 0.1) is 5.69 Å². The largest absolute Gasteiger partial charge is 0.456 e. The number of nitrogens with one attached hydrogen (secondary N) is 1. The molecule has 1 aromatic heterocycles. The topological polar surface area (TPSA) is 32.9 Å². The lowest BCUT2D eigenvalue weighted by Crippen LogP contribution is -2.22. The van der Waals surface area contributed by atoms with E-state index in [2.05, 4.69) is 20.9 Å². The Morgan fingerprint density at radius 3 is 2.54 bits per heavy atom. The molecule has 0 atom stereocenters. The van der Waals surface area contributed by atoms with Crippen LogP contribution in [0.25, 0.3) is 0 Å². The molecule has 0 saturated carbocycles. The highest BCUT2D eigenvalue weighted by Gasteiger charge is 2.40. The van der Waals surface area contributed by atoms with Gasteiger partial charge in [0.25, 0.3) is 5.78 Å². The molecule has 0 aliphatic rings. The summed E-state index contributed by atoms with van der Waals surface area (Å²) in [6, 6.07) is 1.17. The molecule has 1 rings (SSSR count). The van der Waals surface area contributed by atoms with E-state index in [0.29, 0.717) is 10.9 Å². The van der Waals surface area contributed by atoms with Crippen molar-refractivity contribution in [2.75, 3.05) is 0 Å². The highest BCUT2D eigenvalue weighted by Crippen LogP contribution is 2.21. The fourth-order valence-corrected chi connectivity index (χ4v) is 1.12. The van der Waals surface area contributed by atoms with Crippen LogP contribution >= 0.6 is 15.9 Å². The monoisotopic (exact) mass is 255 g/mol. The van der Waals surface area contributed by atoms with Crippen molar-refractivity contribution in [2.24, 2.45) is 0 Å². The summed E-state index contributed by atoms with van der Waals surface area (Å²) in [5.41, 5.74) is 0.176. The summed E-state index contributed by atoms with van der Waals surface area (Å²) >= 11 is 3.06. The van der Waals surface area contributed by atoms with Crippen LogP contribution in [0.15, 0.2) is 12.3 Å². The fourth-order valence-electron chi connectivity index (χ4n) is 0.800. The summed E-state index contributed by atoms with van der Waals surface area (Å²) in [5, 5.41) is 0.411. The highest BCUT2D eigenvalue weighted by molar-refractivity contribution is 9.08. The Balaban J connectivity index is 2.90. The molecular weight excluding hydrogens is 251 g/mol. The SMILES string of the molecule is O=C(c1cc(CBr)c[nH]1)C(F)(F)F. The molecule has 0 fully saturated rings. The Kier molecular flexibility index (Phi) is 2.80. The first-order chi connectivity index (χ1) is 5.95. The Morgan fingerprint density at radius 1 is 1.54 bits per heavy atom. The second-order valence-corrected chi connectivity index (χ2v) is 2.94. The molecule has 1 heterocycles. The number of aromatic amines is 1. The minimum atomic E-state index is -4.81. The number of aromatic nitrogens is 1. The molecular formula is C7H5BrF3NO. The third-order valence-electron chi connectivity index (χ3n) is 1.40. The summed E-state index contributed by atoms with van der Waals surface area (Å²) < 4.78 is 35.6. The molecule has 0 bridgehead atoms. The molecule has 0 amide bonds. The van der Waals surface area contributed by atoms with Crippen LogP contribution < -0.4 is 0 Å². The molecule has 2 nitrogen and oxygen atoms in total. The third kappa shape index (κ3) is 2.33. The molecule has 0 aliphatic carbocycles. The maximum atomic E-state index is 11.9. The number of hydrogen-bond donors (Lipinski definition) is 1. The van der Waals surface area contributed by atoms with Gasteiger partial charge < -0.3 is 4.98 Å². The first-order valence-corrected chi connectivity index (χ1v) is 4.42. The van der Waals surface area contributed by atoms with Crippen LogP contribution in [-0.4, -0.2) is 16.9 Å². The van der Waals surface area contributed by atoms with Crippen molar-refractivity contribution < 1.29 is 18.0 Å². The number of Topliss-reactive ketones (excluding diaryl/α,β-unsaturated/α-hetero) is 1. The molecule has 0 radical (unpaired) electrons. The smallest absolute Gasteiger partial charge is 0.358 e. The predicted molar refractivity (Wildman–Crippen MR) is 43.8 cm³/mol. The van der Waals surface area contributed by atoms with Crippen molar-refractivity contribution in [2.45, 2.75) is 11.5 Å². The fraction of sp³-hybridized carbons (Fsp3) is 0.286. The van der Waals surface area contributed by atoms with Crippen LogP contribution in [0.2, 0.25) is 0 Å². The minimum absolute atomic E-state index is 0.411. The van der Waals surface area contributed by atoms with E-state index in [9.17, 15) is 18.0 Å². The van der Waals surface area contributed by atoms with Gasteiger partial charge in [-0.15, -0.1) is 0 Å². The molecule has 13 heavy (non-hydrogen) atoms. The van der Waals surface area contributed by atoms with E-state index >= 15 is 0 Å². The minimum Gasteiger partial charge on any atom is -0.358 e. The average molecular weight is 256 g/mol. The van der Waals surface area contributed by atoms with Crippen molar-refractivity contribution in [1.82, 2.24) is 4.98 Å². The second kappa shape index (κ2) is 3.53. The zero-order valence-electron chi connectivity index (χ0n) is 6.28. The van der Waals surface area contributed by atoms with Crippen molar-refractivity contribution in [1.29, 1.82) is 0 Å². The van der Waals surface area contributed by atoms with Crippen molar-refractivity contribution in [3.05, 3.63) is 23.5 Å². The molecule has 6 heteroatoms. The number of alkyl halides is 4. The number of hydrogen-bond acceptors (Lipinski definition) is 1. The van der Waals surface area contributed by atoms with Crippen molar-refractivity contribution in [3.63, 3.8) is 0 Å². The Bertz CT molecular complexity index is 318. The second-order valence-electron chi connectivity index (χ2n) is 2.38. The quantitative estimate of drug-likeness (QED) is 0.640. The Labute approximate surface area is 80.3 Å². The molecule has 0 aliphatic heterocycles. The van der Waals surface area contributed by atoms with E-state index in [1.54, 1.807) is 0 Å². The van der Waals surface area contributed by atoms with Gasteiger partial charge in [-0.05, 0) is 11.6 Å². The lowest BCUT2D eigenvalue weighted by Gasteiger charge is -2.01. The van der Waals surface area contributed by atoms with Gasteiger partial charge >= 0.3 is 6.18 Å². The van der Waals surface area contributed by atoms with Gasteiger partial charge in [-0.2, -0.15) is 13.2 Å². The highest BCUT2D eigenvalue weighted by atomic mass is 79.9. The van der Waals surface area contributed by atoms with Gasteiger partial charge in [0, 0.05) is 11.5 Å². The normalized spacial score (nSPS) is 11.7. The van der Waals surface area contributed by atoms with Crippen molar-refractivity contribution >= 4 is 21.7 Å². The maximum absolute atomic E-state index is 11.9. The molecule has 72 valence electrons. The summed E-state index contributed by atoms with van der Waals surface area (Å²) in [6.07, 6.45) is -3.46. The van der Waals surface area contributed by atoms with Crippen LogP contribution in [0.3, 0.4) is 0 Å². The number of rotatable bonds is 2. The van der Waals surface area contributed by atoms with Gasteiger partial charge in [0.15, 0.2) is 0 Å². The molecule has 0 saturated heterocycles. The Hall–Kier alpha value is -0.780. The summed E-state index contributed by atoms with van der Waals surface area (Å²) in [6.45, 7) is 0.